The summed E-state index contributed by atoms with van der Waals surface area (Å²) in [5.41, 5.74) is 0. The monoisotopic (exact) mass is 199 g/mol. The molecule has 84 valence electrons. The molecule has 14 heavy (non-hydrogen) atoms. The number of hydrogen-bond acceptors (Lipinski definition) is 2. The number of aliphatic hydroxyl groups is 1. The fourth-order valence-corrected chi connectivity index (χ4v) is 2.44. The molecule has 0 heterocycles. The van der Waals surface area contributed by atoms with Gasteiger partial charge in [-0.25, -0.2) is 0 Å². The summed E-state index contributed by atoms with van der Waals surface area (Å²) in [6.45, 7) is 6.34. The first-order valence-electron chi connectivity index (χ1n) is 5.92. The molecule has 0 aromatic rings. The van der Waals surface area contributed by atoms with Crippen molar-refractivity contribution in [2.24, 2.45) is 5.92 Å². The van der Waals surface area contributed by atoms with Crippen molar-refractivity contribution in [3.8, 4) is 0 Å². The average Bonchev–Trinajstić information content (AvgIpc) is 2.15. The van der Waals surface area contributed by atoms with Crippen molar-refractivity contribution >= 4 is 0 Å². The number of rotatable bonds is 3. The van der Waals surface area contributed by atoms with E-state index in [4.69, 9.17) is 0 Å². The molecular formula is C12H25NO. The Morgan fingerprint density at radius 1 is 1.29 bits per heavy atom. The molecule has 2 heteroatoms. The molecule has 1 fully saturated rings. The number of nitrogens with zero attached hydrogens (tertiary/aromatic N) is 1. The van der Waals surface area contributed by atoms with E-state index in [0.717, 1.165) is 5.92 Å². The minimum Gasteiger partial charge on any atom is -0.392 e. The van der Waals surface area contributed by atoms with Crippen LogP contribution < -0.4 is 0 Å². The average molecular weight is 199 g/mol. The lowest BCUT2D eigenvalue weighted by Crippen LogP contribution is -2.45. The molecule has 1 saturated carbocycles. The Morgan fingerprint density at radius 2 is 1.93 bits per heavy atom. The zero-order valence-electron chi connectivity index (χ0n) is 10.0. The number of likely N-dealkylation sites (N-methyl/N-ethyl adjacent to an activating group) is 1. The van der Waals surface area contributed by atoms with Crippen molar-refractivity contribution in [1.29, 1.82) is 0 Å². The maximum Gasteiger partial charge on any atom is 0.0664 e. The van der Waals surface area contributed by atoms with Gasteiger partial charge in [-0.15, -0.1) is 0 Å². The number of aliphatic hydroxyl groups excluding tert-OH is 1. The van der Waals surface area contributed by atoms with E-state index >= 15 is 0 Å². The summed E-state index contributed by atoms with van der Waals surface area (Å²) in [5, 5.41) is 9.55. The predicted octanol–water partition coefficient (Wildman–Crippen LogP) is 2.27. The van der Waals surface area contributed by atoms with Gasteiger partial charge in [0, 0.05) is 12.1 Å². The molecule has 4 atom stereocenters. The Balaban J connectivity index is 2.46. The van der Waals surface area contributed by atoms with Crippen LogP contribution in [0.15, 0.2) is 0 Å². The molecule has 0 aromatic carbocycles. The summed E-state index contributed by atoms with van der Waals surface area (Å²) in [4.78, 5) is 2.36. The summed E-state index contributed by atoms with van der Waals surface area (Å²) in [7, 11) is 2.15. The van der Waals surface area contributed by atoms with Crippen molar-refractivity contribution < 1.29 is 5.11 Å². The molecule has 1 aliphatic rings. The highest BCUT2D eigenvalue weighted by molar-refractivity contribution is 4.81. The lowest BCUT2D eigenvalue weighted by Gasteiger charge is -2.38. The second-order valence-corrected chi connectivity index (χ2v) is 5.07. The third-order valence-corrected chi connectivity index (χ3v) is 3.83. The molecule has 1 aliphatic carbocycles. The summed E-state index contributed by atoms with van der Waals surface area (Å²) >= 11 is 0. The second-order valence-electron chi connectivity index (χ2n) is 5.07. The molecule has 1 N–H and O–H groups in total. The summed E-state index contributed by atoms with van der Waals surface area (Å²) in [6.07, 6.45) is 5.11. The van der Waals surface area contributed by atoms with Gasteiger partial charge in [-0.1, -0.05) is 19.8 Å². The van der Waals surface area contributed by atoms with Crippen LogP contribution in [0.1, 0.15) is 46.5 Å². The molecule has 0 amide bonds. The van der Waals surface area contributed by atoms with Crippen LogP contribution in [0.2, 0.25) is 0 Å². The van der Waals surface area contributed by atoms with Gasteiger partial charge in [0.25, 0.3) is 0 Å². The molecule has 0 bridgehead atoms. The van der Waals surface area contributed by atoms with E-state index in [2.05, 4.69) is 25.8 Å². The molecule has 1 rings (SSSR count). The van der Waals surface area contributed by atoms with Crippen LogP contribution in [0.3, 0.4) is 0 Å². The second kappa shape index (κ2) is 5.13. The van der Waals surface area contributed by atoms with Crippen LogP contribution in [0.25, 0.3) is 0 Å². The molecule has 0 spiro atoms. The predicted molar refractivity (Wildman–Crippen MR) is 60.3 cm³/mol. The van der Waals surface area contributed by atoms with Crippen molar-refractivity contribution in [2.45, 2.75) is 64.6 Å². The molecule has 4 unspecified atom stereocenters. The van der Waals surface area contributed by atoms with E-state index in [1.807, 2.05) is 6.92 Å². The molecule has 0 radical (unpaired) electrons. The standard InChI is InChI=1S/C12H25NO/c1-9-6-5-7-12(8-9)13(4)10(2)11(3)14/h9-12,14H,5-8H2,1-4H3. The van der Waals surface area contributed by atoms with E-state index in [0.29, 0.717) is 6.04 Å². The van der Waals surface area contributed by atoms with E-state index < -0.39 is 0 Å². The largest absolute Gasteiger partial charge is 0.392 e. The first kappa shape index (κ1) is 12.0. The highest BCUT2D eigenvalue weighted by atomic mass is 16.3. The van der Waals surface area contributed by atoms with Crippen LogP contribution >= 0.6 is 0 Å². The van der Waals surface area contributed by atoms with E-state index in [-0.39, 0.29) is 12.1 Å². The zero-order valence-corrected chi connectivity index (χ0v) is 10.0. The number of hydrogen-bond donors (Lipinski definition) is 1. The van der Waals surface area contributed by atoms with Crippen molar-refractivity contribution in [3.05, 3.63) is 0 Å². The third kappa shape index (κ3) is 2.96. The quantitative estimate of drug-likeness (QED) is 0.753. The van der Waals surface area contributed by atoms with Crippen molar-refractivity contribution in [3.63, 3.8) is 0 Å². The zero-order chi connectivity index (χ0) is 10.7. The fraction of sp³-hybridized carbons (Fsp3) is 1.00. The van der Waals surface area contributed by atoms with E-state index in [9.17, 15) is 5.11 Å². The van der Waals surface area contributed by atoms with Crippen LogP contribution in [-0.4, -0.2) is 35.2 Å². The lowest BCUT2D eigenvalue weighted by atomic mass is 9.86. The Hall–Kier alpha value is -0.0800. The highest BCUT2D eigenvalue weighted by Gasteiger charge is 2.26. The van der Waals surface area contributed by atoms with Crippen LogP contribution in [0.4, 0.5) is 0 Å². The van der Waals surface area contributed by atoms with Gasteiger partial charge in [0.2, 0.25) is 0 Å². The van der Waals surface area contributed by atoms with Gasteiger partial charge in [-0.05, 0) is 39.7 Å². The molecular weight excluding hydrogens is 174 g/mol. The minimum atomic E-state index is -0.225. The van der Waals surface area contributed by atoms with Gasteiger partial charge in [0.1, 0.15) is 0 Å². The minimum absolute atomic E-state index is 0.225. The highest BCUT2D eigenvalue weighted by Crippen LogP contribution is 2.27. The summed E-state index contributed by atoms with van der Waals surface area (Å²) < 4.78 is 0. The summed E-state index contributed by atoms with van der Waals surface area (Å²) in [5.74, 6) is 0.859. The normalized spacial score (nSPS) is 33.0. The van der Waals surface area contributed by atoms with Gasteiger partial charge in [-0.2, -0.15) is 0 Å². The molecule has 0 aliphatic heterocycles. The third-order valence-electron chi connectivity index (χ3n) is 3.83. The van der Waals surface area contributed by atoms with Gasteiger partial charge in [0.15, 0.2) is 0 Å². The first-order chi connectivity index (χ1) is 6.52. The maximum atomic E-state index is 9.55. The molecule has 0 aromatic heterocycles. The van der Waals surface area contributed by atoms with Gasteiger partial charge in [-0.3, -0.25) is 4.90 Å². The molecule has 2 nitrogen and oxygen atoms in total. The van der Waals surface area contributed by atoms with Gasteiger partial charge >= 0.3 is 0 Å². The first-order valence-corrected chi connectivity index (χ1v) is 5.92. The van der Waals surface area contributed by atoms with Crippen LogP contribution in [0.5, 0.6) is 0 Å². The molecule has 0 saturated heterocycles. The Labute approximate surface area is 88.3 Å². The maximum absolute atomic E-state index is 9.55. The lowest BCUT2D eigenvalue weighted by molar-refractivity contribution is 0.0431. The van der Waals surface area contributed by atoms with Crippen LogP contribution in [0, 0.1) is 5.92 Å². The SMILES string of the molecule is CC1CCCC(N(C)C(C)C(C)O)C1. The van der Waals surface area contributed by atoms with Gasteiger partial charge < -0.3 is 5.11 Å². The fourth-order valence-electron chi connectivity index (χ4n) is 2.44. The van der Waals surface area contributed by atoms with E-state index in [1.54, 1.807) is 0 Å². The van der Waals surface area contributed by atoms with Crippen LogP contribution in [-0.2, 0) is 0 Å². The van der Waals surface area contributed by atoms with E-state index in [1.165, 1.54) is 25.7 Å². The Bertz CT molecular complexity index is 170. The van der Waals surface area contributed by atoms with Crippen molar-refractivity contribution in [1.82, 2.24) is 4.90 Å². The smallest absolute Gasteiger partial charge is 0.0664 e. The topological polar surface area (TPSA) is 23.5 Å². The Morgan fingerprint density at radius 3 is 2.43 bits per heavy atom. The van der Waals surface area contributed by atoms with Crippen molar-refractivity contribution in [2.75, 3.05) is 7.05 Å². The van der Waals surface area contributed by atoms with Gasteiger partial charge in [0.05, 0.1) is 6.10 Å². The summed E-state index contributed by atoms with van der Waals surface area (Å²) in [6, 6.07) is 0.966. The Kier molecular flexibility index (Phi) is 4.39.